The van der Waals surface area contributed by atoms with E-state index < -0.39 is 81.4 Å². The van der Waals surface area contributed by atoms with Gasteiger partial charge in [0.1, 0.15) is 18.6 Å². The molecule has 0 aliphatic carbocycles. The lowest BCUT2D eigenvalue weighted by atomic mass is 10.2. The van der Waals surface area contributed by atoms with Gasteiger partial charge in [-0.15, -0.1) is 0 Å². The van der Waals surface area contributed by atoms with E-state index in [4.69, 9.17) is 15.3 Å². The zero-order valence-electron chi connectivity index (χ0n) is 24.9. The van der Waals surface area contributed by atoms with Crippen LogP contribution in [-0.2, 0) is 42.4 Å². The summed E-state index contributed by atoms with van der Waals surface area (Å²) in [5.74, 6) is -10.0. The minimum absolute atomic E-state index is 0.0628. The highest BCUT2D eigenvalue weighted by Gasteiger charge is 2.40. The zero-order chi connectivity index (χ0) is 35.9. The fourth-order valence-corrected chi connectivity index (χ4v) is 4.60. The Labute approximate surface area is 243 Å². The van der Waals surface area contributed by atoms with Gasteiger partial charge in [0.2, 0.25) is 17.3 Å². The van der Waals surface area contributed by atoms with Crippen molar-refractivity contribution < 1.29 is 88.3 Å². The number of carboxylic acids is 1. The molecular weight excluding hydrogens is 635 g/mol. The van der Waals surface area contributed by atoms with Crippen molar-refractivity contribution in [2.45, 2.75) is 91.4 Å². The van der Waals surface area contributed by atoms with Crippen LogP contribution in [0, 0.1) is 0 Å². The van der Waals surface area contributed by atoms with Gasteiger partial charge in [-0.05, 0) is 39.8 Å². The molecule has 0 aromatic carbocycles. The molecule has 0 atom stereocenters. The number of esters is 1. The summed E-state index contributed by atoms with van der Waals surface area (Å²) in [6.07, 6.45) is -18.3. The molecule has 0 bridgehead atoms. The molecule has 0 spiro atoms. The maximum atomic E-state index is 11.9. The molecule has 0 rings (SSSR count). The quantitative estimate of drug-likeness (QED) is 0.0847. The van der Waals surface area contributed by atoms with E-state index in [9.17, 15) is 68.3 Å². The highest BCUT2D eigenvalue weighted by molar-refractivity contribution is 6.66. The van der Waals surface area contributed by atoms with Crippen molar-refractivity contribution in [2.75, 3.05) is 19.8 Å². The van der Waals surface area contributed by atoms with Gasteiger partial charge in [0, 0.05) is 14.6 Å². The van der Waals surface area contributed by atoms with Crippen molar-refractivity contribution >= 4 is 43.6 Å². The van der Waals surface area contributed by atoms with Crippen LogP contribution in [0.1, 0.15) is 61.6 Å². The molecule has 1 N–H and O–H groups in total. The predicted molar refractivity (Wildman–Crippen MR) is 132 cm³/mol. The minimum Gasteiger partial charge on any atom is -0.481 e. The van der Waals surface area contributed by atoms with Crippen LogP contribution in [0.5, 0.6) is 0 Å². The number of halogens is 9. The number of ketones is 4. The number of ether oxygens (including phenoxy) is 1. The van der Waals surface area contributed by atoms with Gasteiger partial charge in [-0.25, -0.2) is 0 Å². The van der Waals surface area contributed by atoms with Gasteiger partial charge in [0.25, 0.3) is 0 Å². The Balaban J connectivity index is -0.000000290. The molecule has 254 valence electrons. The van der Waals surface area contributed by atoms with E-state index in [0.717, 1.165) is 6.92 Å². The molecule has 0 unspecified atom stereocenters. The van der Waals surface area contributed by atoms with Crippen molar-refractivity contribution in [1.29, 1.82) is 0 Å². The fourth-order valence-electron chi connectivity index (χ4n) is 2.22. The van der Waals surface area contributed by atoms with Crippen molar-refractivity contribution in [3.8, 4) is 0 Å². The second-order valence-electron chi connectivity index (χ2n) is 7.71. The molecule has 20 heteroatoms. The molecular formula is C23H35F9O10Si. The second kappa shape index (κ2) is 22.6. The van der Waals surface area contributed by atoms with Crippen molar-refractivity contribution in [3.63, 3.8) is 0 Å². The zero-order valence-corrected chi connectivity index (χ0v) is 24.9. The van der Waals surface area contributed by atoms with Crippen LogP contribution in [0.15, 0.2) is 0 Å². The Morgan fingerprint density at radius 1 is 0.744 bits per heavy atom. The molecule has 0 aliphatic heterocycles. The Morgan fingerprint density at radius 2 is 1.09 bits per heavy atom. The molecule has 0 fully saturated rings. The third-order valence-corrected chi connectivity index (χ3v) is 6.97. The summed E-state index contributed by atoms with van der Waals surface area (Å²) < 4.78 is 125. The van der Waals surface area contributed by atoms with Gasteiger partial charge < -0.3 is 18.7 Å². The van der Waals surface area contributed by atoms with Crippen LogP contribution in [0.4, 0.5) is 39.5 Å². The Kier molecular flexibility index (Phi) is 23.5. The number of alkyl halides is 9. The first-order chi connectivity index (χ1) is 19.7. The Hall–Kier alpha value is -2.87. The van der Waals surface area contributed by atoms with Crippen LogP contribution < -0.4 is 0 Å². The SMILES string of the molecule is CC(=O)CC(=O)C(F)(F)F.CCO[Si](C)(CCCOC(=O)CC(=O)C(F)(F)F)OCC.O=C(O)CC(=O)C(F)(F)F.[2H]CC. The average Bonchev–Trinajstić information content (AvgIpc) is 2.81. The van der Waals surface area contributed by atoms with Crippen LogP contribution in [-0.4, -0.2) is 87.1 Å². The number of aliphatic carboxylic acids is 1. The van der Waals surface area contributed by atoms with E-state index in [-0.39, 0.29) is 6.61 Å². The van der Waals surface area contributed by atoms with Gasteiger partial charge >= 0.3 is 39.0 Å². The molecule has 0 saturated heterocycles. The number of hydrogen-bond donors (Lipinski definition) is 1. The Bertz CT molecular complexity index is 864. The lowest BCUT2D eigenvalue weighted by Crippen LogP contribution is -2.39. The number of hydrogen-bond acceptors (Lipinski definition) is 9. The largest absolute Gasteiger partial charge is 0.481 e. The van der Waals surface area contributed by atoms with Crippen LogP contribution >= 0.6 is 0 Å². The van der Waals surface area contributed by atoms with Gasteiger partial charge in [-0.2, -0.15) is 39.5 Å². The van der Waals surface area contributed by atoms with E-state index in [1.165, 1.54) is 0 Å². The summed E-state index contributed by atoms with van der Waals surface area (Å²) in [4.78, 5) is 60.9. The first-order valence-corrected chi connectivity index (χ1v) is 14.5. The summed E-state index contributed by atoms with van der Waals surface area (Å²) >= 11 is 0. The molecule has 0 aliphatic rings. The van der Waals surface area contributed by atoms with E-state index >= 15 is 0 Å². The maximum absolute atomic E-state index is 11.9. The van der Waals surface area contributed by atoms with E-state index in [1.54, 1.807) is 6.92 Å². The molecule has 10 nitrogen and oxygen atoms in total. The van der Waals surface area contributed by atoms with Crippen LogP contribution in [0.25, 0.3) is 0 Å². The fraction of sp³-hybridized carbons (Fsp3) is 0.739. The number of carboxylic acid groups (broad SMARTS) is 1. The molecule has 0 aromatic rings. The van der Waals surface area contributed by atoms with Gasteiger partial charge in [0.05, 0.1) is 13.0 Å². The molecule has 0 heterocycles. The standard InChI is InChI=1S/C12H21F3O5Si.C5H5F3O2.C4H3F3O3.C2H6/c1-4-19-21(3,20-5-2)8-6-7-18-11(17)9-10(16)12(13,14)15;1-3(9)2-4(10)5(6,7)8;5-4(6,7)2(8)1-3(9)10;1-2/h4-9H2,1-3H3;2H2,1H3;1H2,(H,9,10);1-2H3/i;;;1D. The smallest absolute Gasteiger partial charge is 0.450 e. The number of carbonyl (C=O) groups excluding carboxylic acids is 5. The summed E-state index contributed by atoms with van der Waals surface area (Å²) in [5, 5.41) is 7.73. The maximum Gasteiger partial charge on any atom is 0.450 e. The van der Waals surface area contributed by atoms with Crippen molar-refractivity contribution in [1.82, 2.24) is 0 Å². The summed E-state index contributed by atoms with van der Waals surface area (Å²) in [5.41, 5.74) is 0. The minimum atomic E-state index is -5.03. The third kappa shape index (κ3) is 29.0. The van der Waals surface area contributed by atoms with E-state index in [0.29, 0.717) is 32.6 Å². The number of carbonyl (C=O) groups is 6. The number of Topliss-reactive ketones (excluding diaryl/α,β-unsaturated/α-hetero) is 4. The summed E-state index contributed by atoms with van der Waals surface area (Å²) in [6, 6.07) is 0.551. The monoisotopic (exact) mass is 671 g/mol. The topological polar surface area (TPSA) is 150 Å². The van der Waals surface area contributed by atoms with E-state index in [1.807, 2.05) is 20.4 Å². The van der Waals surface area contributed by atoms with E-state index in [2.05, 4.69) is 4.74 Å². The molecule has 43 heavy (non-hydrogen) atoms. The van der Waals surface area contributed by atoms with Gasteiger partial charge in [-0.3, -0.25) is 28.8 Å². The average molecular weight is 672 g/mol. The second-order valence-corrected chi connectivity index (χ2v) is 11.1. The highest BCUT2D eigenvalue weighted by Crippen LogP contribution is 2.20. The number of rotatable bonds is 14. The summed E-state index contributed by atoms with van der Waals surface area (Å²) in [6.45, 7) is 9.72. The van der Waals surface area contributed by atoms with Crippen LogP contribution in [0.3, 0.4) is 0 Å². The lowest BCUT2D eigenvalue weighted by Gasteiger charge is -2.25. The third-order valence-electron chi connectivity index (χ3n) is 3.91. The normalized spacial score (nSPS) is 11.6. The first kappa shape index (κ1) is 44.6. The van der Waals surface area contributed by atoms with Crippen molar-refractivity contribution in [2.24, 2.45) is 0 Å². The summed E-state index contributed by atoms with van der Waals surface area (Å²) in [7, 11) is -2.32. The first-order valence-electron chi connectivity index (χ1n) is 12.7. The predicted octanol–water partition coefficient (Wildman–Crippen LogP) is 5.30. The molecule has 0 radical (unpaired) electrons. The lowest BCUT2D eigenvalue weighted by molar-refractivity contribution is -0.174. The molecule has 0 amide bonds. The highest BCUT2D eigenvalue weighted by atomic mass is 28.4. The van der Waals surface area contributed by atoms with Crippen molar-refractivity contribution in [3.05, 3.63) is 0 Å². The molecule has 0 saturated carbocycles. The molecule has 0 aromatic heterocycles. The van der Waals surface area contributed by atoms with Crippen LogP contribution in [0.2, 0.25) is 12.6 Å². The van der Waals surface area contributed by atoms with Gasteiger partial charge in [-0.1, -0.05) is 13.8 Å². The van der Waals surface area contributed by atoms with Gasteiger partial charge in [0.15, 0.2) is 0 Å². The Morgan fingerprint density at radius 3 is 1.35 bits per heavy atom.